The Labute approximate surface area is 211 Å². The first-order chi connectivity index (χ1) is 16.9. The lowest BCUT2D eigenvalue weighted by Crippen LogP contribution is -2.05. The number of Topliss-reactive ketones (excluding diaryl/α,β-unsaturated/α-hetero) is 1. The number of carboxylic acid groups (broad SMARTS) is 1. The number of hydrogen-bond donors (Lipinski definition) is 2. The molecule has 7 heteroatoms. The number of aromatic amines is 1. The van der Waals surface area contributed by atoms with E-state index in [1.54, 1.807) is 12.1 Å². The van der Waals surface area contributed by atoms with Crippen LogP contribution in [0.3, 0.4) is 0 Å². The summed E-state index contributed by atoms with van der Waals surface area (Å²) in [4.78, 5) is 31.8. The maximum atomic E-state index is 13.0. The summed E-state index contributed by atoms with van der Waals surface area (Å²) >= 11 is 13.0. The standard InChI is InChI=1S/C28H20Cl2N2O3/c29-21-11-16(5-10-27(34)35)12-22(30)28(21)25-13-18-6-7-19(14-24(18)32-25)26(33)15-20-9-8-17-3-1-2-4-23(17)31-20/h1-4,6-9,11-14,32H,5,10,15H2,(H,34,35). The molecule has 5 rings (SSSR count). The van der Waals surface area contributed by atoms with Crippen LogP contribution in [-0.4, -0.2) is 26.8 Å². The second-order valence-electron chi connectivity index (χ2n) is 8.41. The van der Waals surface area contributed by atoms with Crippen molar-refractivity contribution in [1.29, 1.82) is 0 Å². The van der Waals surface area contributed by atoms with Gasteiger partial charge in [-0.2, -0.15) is 0 Å². The summed E-state index contributed by atoms with van der Waals surface area (Å²) in [6, 6.07) is 22.6. The zero-order chi connectivity index (χ0) is 24.5. The minimum Gasteiger partial charge on any atom is -0.481 e. The third-order valence-corrected chi connectivity index (χ3v) is 6.54. The molecule has 5 aromatic rings. The Balaban J connectivity index is 1.41. The van der Waals surface area contributed by atoms with Crippen LogP contribution in [-0.2, 0) is 17.6 Å². The highest BCUT2D eigenvalue weighted by Gasteiger charge is 2.15. The number of carbonyl (C=O) groups is 2. The highest BCUT2D eigenvalue weighted by Crippen LogP contribution is 2.37. The first-order valence-corrected chi connectivity index (χ1v) is 11.8. The van der Waals surface area contributed by atoms with Crippen molar-refractivity contribution in [2.24, 2.45) is 0 Å². The van der Waals surface area contributed by atoms with Crippen LogP contribution in [0.4, 0.5) is 0 Å². The van der Waals surface area contributed by atoms with Gasteiger partial charge in [-0.15, -0.1) is 0 Å². The van der Waals surface area contributed by atoms with Gasteiger partial charge in [-0.05, 0) is 48.4 Å². The highest BCUT2D eigenvalue weighted by molar-refractivity contribution is 6.39. The molecular weight excluding hydrogens is 483 g/mol. The fourth-order valence-electron chi connectivity index (χ4n) is 4.19. The molecule has 35 heavy (non-hydrogen) atoms. The first kappa shape index (κ1) is 23.1. The quantitative estimate of drug-likeness (QED) is 0.232. The number of hydrogen-bond acceptors (Lipinski definition) is 3. The number of rotatable bonds is 7. The molecule has 0 saturated heterocycles. The molecule has 0 amide bonds. The van der Waals surface area contributed by atoms with E-state index in [1.807, 2.05) is 60.7 Å². The number of carbonyl (C=O) groups excluding carboxylic acids is 1. The van der Waals surface area contributed by atoms with Crippen LogP contribution in [0.5, 0.6) is 0 Å². The largest absolute Gasteiger partial charge is 0.481 e. The average molecular weight is 503 g/mol. The maximum Gasteiger partial charge on any atom is 0.303 e. The van der Waals surface area contributed by atoms with Gasteiger partial charge in [-0.25, -0.2) is 0 Å². The second-order valence-corrected chi connectivity index (χ2v) is 9.22. The molecule has 0 aliphatic rings. The number of aliphatic carboxylic acids is 1. The molecule has 2 aromatic heterocycles. The maximum absolute atomic E-state index is 13.0. The van der Waals surface area contributed by atoms with Crippen molar-refractivity contribution in [3.05, 3.63) is 99.7 Å². The smallest absolute Gasteiger partial charge is 0.303 e. The molecule has 2 heterocycles. The van der Waals surface area contributed by atoms with E-state index >= 15 is 0 Å². The van der Waals surface area contributed by atoms with Crippen LogP contribution in [0, 0.1) is 0 Å². The summed E-state index contributed by atoms with van der Waals surface area (Å²) < 4.78 is 0. The minimum atomic E-state index is -0.876. The van der Waals surface area contributed by atoms with Crippen molar-refractivity contribution < 1.29 is 14.7 Å². The van der Waals surface area contributed by atoms with Crippen LogP contribution >= 0.6 is 23.2 Å². The van der Waals surface area contributed by atoms with E-state index in [9.17, 15) is 9.59 Å². The number of para-hydroxylation sites is 1. The minimum absolute atomic E-state index is 0.00389. The summed E-state index contributed by atoms with van der Waals surface area (Å²) in [5, 5.41) is 11.7. The van der Waals surface area contributed by atoms with Gasteiger partial charge in [-0.3, -0.25) is 14.6 Å². The molecule has 0 aliphatic carbocycles. The Morgan fingerprint density at radius 2 is 1.63 bits per heavy atom. The number of ketones is 1. The van der Waals surface area contributed by atoms with Gasteiger partial charge in [0.15, 0.2) is 5.78 Å². The zero-order valence-electron chi connectivity index (χ0n) is 18.5. The van der Waals surface area contributed by atoms with Gasteiger partial charge in [0.1, 0.15) is 0 Å². The summed E-state index contributed by atoms with van der Waals surface area (Å²) in [5.74, 6) is -0.900. The van der Waals surface area contributed by atoms with Crippen LogP contribution in [0.1, 0.15) is 28.0 Å². The third-order valence-electron chi connectivity index (χ3n) is 5.94. The van der Waals surface area contributed by atoms with Gasteiger partial charge >= 0.3 is 5.97 Å². The van der Waals surface area contributed by atoms with Crippen LogP contribution < -0.4 is 0 Å². The Morgan fingerprint density at radius 1 is 0.886 bits per heavy atom. The number of H-pyrrole nitrogens is 1. The van der Waals surface area contributed by atoms with E-state index in [2.05, 4.69) is 9.97 Å². The van der Waals surface area contributed by atoms with E-state index < -0.39 is 5.97 Å². The second kappa shape index (κ2) is 9.53. The predicted octanol–water partition coefficient (Wildman–Crippen LogP) is 7.13. The lowest BCUT2D eigenvalue weighted by molar-refractivity contribution is -0.136. The molecule has 0 unspecified atom stereocenters. The molecule has 0 spiro atoms. The fourth-order valence-corrected chi connectivity index (χ4v) is 4.92. The number of halogens is 2. The Hall–Kier alpha value is -3.67. The van der Waals surface area contributed by atoms with Gasteiger partial charge < -0.3 is 10.1 Å². The number of aryl methyl sites for hydroxylation is 1. The van der Waals surface area contributed by atoms with E-state index in [4.69, 9.17) is 28.3 Å². The monoisotopic (exact) mass is 502 g/mol. The average Bonchev–Trinajstić information content (AvgIpc) is 3.25. The number of fused-ring (bicyclic) bond motifs is 2. The van der Waals surface area contributed by atoms with Gasteiger partial charge in [0.05, 0.1) is 22.0 Å². The molecule has 5 nitrogen and oxygen atoms in total. The number of aromatic nitrogens is 2. The van der Waals surface area contributed by atoms with Gasteiger partial charge in [0.2, 0.25) is 0 Å². The summed E-state index contributed by atoms with van der Waals surface area (Å²) in [6.07, 6.45) is 0.558. The van der Waals surface area contributed by atoms with E-state index in [1.165, 1.54) is 0 Å². The molecule has 174 valence electrons. The third kappa shape index (κ3) is 4.92. The van der Waals surface area contributed by atoms with Crippen molar-refractivity contribution >= 4 is 56.8 Å². The lowest BCUT2D eigenvalue weighted by atomic mass is 10.0. The van der Waals surface area contributed by atoms with Crippen molar-refractivity contribution in [2.75, 3.05) is 0 Å². The van der Waals surface area contributed by atoms with Crippen molar-refractivity contribution in [1.82, 2.24) is 9.97 Å². The molecule has 0 saturated carbocycles. The lowest BCUT2D eigenvalue weighted by Gasteiger charge is -2.08. The Morgan fingerprint density at radius 3 is 2.40 bits per heavy atom. The molecule has 0 bridgehead atoms. The summed E-state index contributed by atoms with van der Waals surface area (Å²) in [6.45, 7) is 0. The first-order valence-electron chi connectivity index (χ1n) is 11.1. The van der Waals surface area contributed by atoms with Crippen LogP contribution in [0.25, 0.3) is 33.1 Å². The predicted molar refractivity (Wildman–Crippen MR) is 139 cm³/mol. The van der Waals surface area contributed by atoms with Crippen molar-refractivity contribution in [3.63, 3.8) is 0 Å². The van der Waals surface area contributed by atoms with Crippen LogP contribution in [0.2, 0.25) is 10.0 Å². The SMILES string of the molecule is O=C(O)CCc1cc(Cl)c(-c2cc3ccc(C(=O)Cc4ccc5ccccc5n4)cc3[nH]2)c(Cl)c1. The number of carboxylic acids is 1. The molecule has 3 aromatic carbocycles. The van der Waals surface area contributed by atoms with Gasteiger partial charge in [0.25, 0.3) is 0 Å². The number of benzene rings is 3. The van der Waals surface area contributed by atoms with Crippen molar-refractivity contribution in [2.45, 2.75) is 19.3 Å². The number of pyridine rings is 1. The normalized spacial score (nSPS) is 11.3. The van der Waals surface area contributed by atoms with E-state index in [-0.39, 0.29) is 18.6 Å². The van der Waals surface area contributed by atoms with E-state index in [0.717, 1.165) is 38.8 Å². The summed E-state index contributed by atoms with van der Waals surface area (Å²) in [7, 11) is 0. The van der Waals surface area contributed by atoms with Gasteiger partial charge in [-0.1, -0.05) is 59.6 Å². The highest BCUT2D eigenvalue weighted by atomic mass is 35.5. The molecular formula is C28H20Cl2N2O3. The van der Waals surface area contributed by atoms with E-state index in [0.29, 0.717) is 27.6 Å². The topological polar surface area (TPSA) is 83.0 Å². The molecule has 0 aliphatic heterocycles. The molecule has 2 N–H and O–H groups in total. The fraction of sp³-hybridized carbons (Fsp3) is 0.107. The Bertz CT molecular complexity index is 1580. The van der Waals surface area contributed by atoms with Gasteiger partial charge in [0, 0.05) is 45.2 Å². The van der Waals surface area contributed by atoms with Crippen molar-refractivity contribution in [3.8, 4) is 11.3 Å². The zero-order valence-corrected chi connectivity index (χ0v) is 20.0. The molecule has 0 fully saturated rings. The Kier molecular flexibility index (Phi) is 6.29. The summed E-state index contributed by atoms with van der Waals surface area (Å²) in [5.41, 5.74) is 5.09. The molecule has 0 atom stereocenters. The number of nitrogens with one attached hydrogen (secondary N) is 1. The number of nitrogens with zero attached hydrogens (tertiary/aromatic N) is 1. The molecule has 0 radical (unpaired) electrons. The van der Waals surface area contributed by atoms with Crippen LogP contribution in [0.15, 0.2) is 72.8 Å².